The van der Waals surface area contributed by atoms with Crippen molar-refractivity contribution in [3.8, 4) is 6.07 Å². The number of nitrogens with two attached hydrogens (primary N) is 1. The number of nitriles is 1. The van der Waals surface area contributed by atoms with Gasteiger partial charge >= 0.3 is 0 Å². The van der Waals surface area contributed by atoms with E-state index in [0.29, 0.717) is 30.1 Å². The van der Waals surface area contributed by atoms with E-state index >= 15 is 0 Å². The van der Waals surface area contributed by atoms with Crippen LogP contribution in [-0.2, 0) is 11.2 Å². The van der Waals surface area contributed by atoms with E-state index in [0.717, 1.165) is 18.8 Å². The molecule has 142 valence electrons. The summed E-state index contributed by atoms with van der Waals surface area (Å²) in [5.41, 5.74) is 8.61. The van der Waals surface area contributed by atoms with Crippen molar-refractivity contribution in [3.05, 3.63) is 42.0 Å². The van der Waals surface area contributed by atoms with Gasteiger partial charge in [0.25, 0.3) is 5.91 Å². The van der Waals surface area contributed by atoms with Crippen LogP contribution in [0.5, 0.6) is 0 Å². The summed E-state index contributed by atoms with van der Waals surface area (Å²) in [6.45, 7) is 2.72. The molecule has 0 bridgehead atoms. The normalized spacial score (nSPS) is 14.0. The number of nitrogen functional groups attached to an aromatic ring is 1. The van der Waals surface area contributed by atoms with E-state index in [2.05, 4.69) is 31.4 Å². The van der Waals surface area contributed by atoms with Gasteiger partial charge in [-0.3, -0.25) is 9.78 Å². The Kier molecular flexibility index (Phi) is 4.74. The summed E-state index contributed by atoms with van der Waals surface area (Å²) in [4.78, 5) is 23.5. The van der Waals surface area contributed by atoms with Gasteiger partial charge in [0, 0.05) is 37.2 Å². The lowest BCUT2D eigenvalue weighted by atomic mass is 10.2. The third-order valence-corrected chi connectivity index (χ3v) is 4.46. The number of pyridine rings is 1. The average Bonchev–Trinajstić information content (AvgIpc) is 3.04. The number of nitrogens with one attached hydrogen (secondary N) is 1. The maximum atomic E-state index is 12.9. The topological polar surface area (TPSA) is 134 Å². The van der Waals surface area contributed by atoms with Gasteiger partial charge in [0.2, 0.25) is 0 Å². The van der Waals surface area contributed by atoms with Gasteiger partial charge in [-0.15, -0.1) is 5.10 Å². The molecule has 3 N–H and O–H groups in total. The van der Waals surface area contributed by atoms with Gasteiger partial charge in [0.15, 0.2) is 11.5 Å². The van der Waals surface area contributed by atoms with Gasteiger partial charge < -0.3 is 20.7 Å². The van der Waals surface area contributed by atoms with Crippen LogP contribution in [0.15, 0.2) is 30.9 Å². The number of ether oxygens (including phenoxy) is 1. The van der Waals surface area contributed by atoms with Gasteiger partial charge in [-0.1, -0.05) is 0 Å². The molecule has 3 aromatic heterocycles. The molecule has 10 nitrogen and oxygen atoms in total. The third kappa shape index (κ3) is 3.30. The van der Waals surface area contributed by atoms with E-state index < -0.39 is 5.91 Å². The minimum absolute atomic E-state index is 0.0657. The minimum atomic E-state index is -0.421. The molecule has 0 aromatic carbocycles. The number of rotatable bonds is 4. The summed E-state index contributed by atoms with van der Waals surface area (Å²) in [6.07, 6.45) is 6.66. The predicted molar refractivity (Wildman–Crippen MR) is 102 cm³/mol. The zero-order valence-corrected chi connectivity index (χ0v) is 15.0. The molecule has 1 fully saturated rings. The molecule has 3 aromatic rings. The SMILES string of the molecule is N#CCc1cnc2c(C(=O)Nc3cnccc3N3CCOCC3)c(N)nn2c1. The Hall–Kier alpha value is -3.71. The first-order valence-corrected chi connectivity index (χ1v) is 8.75. The van der Waals surface area contributed by atoms with Gasteiger partial charge in [0.1, 0.15) is 5.56 Å². The Morgan fingerprint density at radius 3 is 2.96 bits per heavy atom. The van der Waals surface area contributed by atoms with E-state index in [4.69, 9.17) is 15.7 Å². The monoisotopic (exact) mass is 378 g/mol. The maximum absolute atomic E-state index is 12.9. The summed E-state index contributed by atoms with van der Waals surface area (Å²) in [6, 6.07) is 3.90. The number of hydrogen-bond donors (Lipinski definition) is 2. The highest BCUT2D eigenvalue weighted by atomic mass is 16.5. The van der Waals surface area contributed by atoms with E-state index in [9.17, 15) is 4.79 Å². The molecule has 4 heterocycles. The molecule has 0 aliphatic carbocycles. The first-order valence-electron chi connectivity index (χ1n) is 8.75. The minimum Gasteiger partial charge on any atom is -0.381 e. The fraction of sp³-hybridized carbons (Fsp3) is 0.278. The van der Waals surface area contributed by atoms with Gasteiger partial charge in [0.05, 0.1) is 43.3 Å². The number of aromatic nitrogens is 4. The van der Waals surface area contributed by atoms with Crippen LogP contribution >= 0.6 is 0 Å². The Morgan fingerprint density at radius 2 is 2.18 bits per heavy atom. The number of carbonyl (C=O) groups is 1. The molecule has 4 rings (SSSR count). The largest absolute Gasteiger partial charge is 0.381 e. The molecule has 1 aliphatic heterocycles. The van der Waals surface area contributed by atoms with Crippen LogP contribution in [0.1, 0.15) is 15.9 Å². The molecule has 0 unspecified atom stereocenters. The first-order chi connectivity index (χ1) is 13.7. The summed E-state index contributed by atoms with van der Waals surface area (Å²) in [5.74, 6) is -0.355. The lowest BCUT2D eigenvalue weighted by molar-refractivity contribution is 0.102. The number of hydrogen-bond acceptors (Lipinski definition) is 8. The van der Waals surface area contributed by atoms with Gasteiger partial charge in [-0.05, 0) is 6.07 Å². The molecule has 0 atom stereocenters. The molecule has 0 spiro atoms. The fourth-order valence-corrected chi connectivity index (χ4v) is 3.14. The Morgan fingerprint density at radius 1 is 1.36 bits per heavy atom. The third-order valence-electron chi connectivity index (χ3n) is 4.46. The number of nitrogens with zero attached hydrogens (tertiary/aromatic N) is 6. The predicted octanol–water partition coefficient (Wildman–Crippen LogP) is 0.861. The van der Waals surface area contributed by atoms with Crippen molar-refractivity contribution >= 4 is 28.7 Å². The molecular weight excluding hydrogens is 360 g/mol. The van der Waals surface area contributed by atoms with Crippen LogP contribution in [0.2, 0.25) is 0 Å². The van der Waals surface area contributed by atoms with E-state index in [1.54, 1.807) is 24.8 Å². The van der Waals surface area contributed by atoms with Crippen molar-refractivity contribution in [1.29, 1.82) is 5.26 Å². The van der Waals surface area contributed by atoms with Crippen molar-refractivity contribution in [2.24, 2.45) is 0 Å². The molecule has 1 amide bonds. The first kappa shape index (κ1) is 17.7. The smallest absolute Gasteiger partial charge is 0.263 e. The lowest BCUT2D eigenvalue weighted by Gasteiger charge is -2.30. The van der Waals surface area contributed by atoms with Crippen LogP contribution in [0, 0.1) is 11.3 Å². The van der Waals surface area contributed by atoms with Crippen molar-refractivity contribution in [3.63, 3.8) is 0 Å². The van der Waals surface area contributed by atoms with Gasteiger partial charge in [-0.25, -0.2) is 9.50 Å². The molecule has 1 aliphatic rings. The molecule has 28 heavy (non-hydrogen) atoms. The zero-order valence-electron chi connectivity index (χ0n) is 15.0. The van der Waals surface area contributed by atoms with E-state index in [1.165, 1.54) is 4.52 Å². The van der Waals surface area contributed by atoms with Crippen LogP contribution < -0.4 is 16.0 Å². The second-order valence-electron chi connectivity index (χ2n) is 6.27. The van der Waals surface area contributed by atoms with Crippen molar-refractivity contribution < 1.29 is 9.53 Å². The molecule has 10 heteroatoms. The molecule has 0 radical (unpaired) electrons. The standard InChI is InChI=1S/C18H18N8O2/c19-3-1-12-9-22-17-15(16(20)24-26(17)11-12)18(27)23-13-10-21-4-2-14(13)25-5-7-28-8-6-25/h2,4,9-11H,1,5-8H2,(H2,20,24)(H,23,27). The Balaban J connectivity index is 1.64. The summed E-state index contributed by atoms with van der Waals surface area (Å²) in [5, 5.41) is 15.8. The average molecular weight is 378 g/mol. The fourth-order valence-electron chi connectivity index (χ4n) is 3.14. The Bertz CT molecular complexity index is 1070. The van der Waals surface area contributed by atoms with E-state index in [1.807, 2.05) is 6.07 Å². The highest BCUT2D eigenvalue weighted by molar-refractivity contribution is 6.12. The zero-order chi connectivity index (χ0) is 19.5. The second-order valence-corrected chi connectivity index (χ2v) is 6.27. The maximum Gasteiger partial charge on any atom is 0.263 e. The number of amides is 1. The molecule has 0 saturated carbocycles. The quantitative estimate of drug-likeness (QED) is 0.683. The Labute approximate surface area is 160 Å². The summed E-state index contributed by atoms with van der Waals surface area (Å²) < 4.78 is 6.81. The number of fused-ring (bicyclic) bond motifs is 1. The summed E-state index contributed by atoms with van der Waals surface area (Å²) >= 11 is 0. The van der Waals surface area contributed by atoms with Crippen LogP contribution in [0.25, 0.3) is 5.65 Å². The van der Waals surface area contributed by atoms with Crippen LogP contribution in [0.4, 0.5) is 17.2 Å². The van der Waals surface area contributed by atoms with Crippen molar-refractivity contribution in [2.75, 3.05) is 42.3 Å². The van der Waals surface area contributed by atoms with E-state index in [-0.39, 0.29) is 17.8 Å². The number of carbonyl (C=O) groups excluding carboxylic acids is 1. The number of anilines is 3. The van der Waals surface area contributed by atoms with Crippen molar-refractivity contribution in [2.45, 2.75) is 6.42 Å². The molecule has 1 saturated heterocycles. The van der Waals surface area contributed by atoms with Gasteiger partial charge in [-0.2, -0.15) is 5.26 Å². The highest BCUT2D eigenvalue weighted by Crippen LogP contribution is 2.27. The van der Waals surface area contributed by atoms with Crippen LogP contribution in [-0.4, -0.2) is 51.8 Å². The van der Waals surface area contributed by atoms with Crippen molar-refractivity contribution in [1.82, 2.24) is 19.6 Å². The van der Waals surface area contributed by atoms with Crippen LogP contribution in [0.3, 0.4) is 0 Å². The second kappa shape index (κ2) is 7.50. The molecular formula is C18H18N8O2. The summed E-state index contributed by atoms with van der Waals surface area (Å²) in [7, 11) is 0. The number of morpholine rings is 1. The lowest BCUT2D eigenvalue weighted by Crippen LogP contribution is -2.36. The highest BCUT2D eigenvalue weighted by Gasteiger charge is 2.22.